The summed E-state index contributed by atoms with van der Waals surface area (Å²) in [5, 5.41) is 0.553. The van der Waals surface area contributed by atoms with Crippen LogP contribution in [0.3, 0.4) is 0 Å². The molecule has 1 aliphatic rings. The van der Waals surface area contributed by atoms with E-state index in [1.807, 2.05) is 17.8 Å². The fraction of sp³-hybridized carbons (Fsp3) is 0.538. The minimum absolute atomic E-state index is 0.159. The fourth-order valence-electron chi connectivity index (χ4n) is 2.17. The Labute approximate surface area is 101 Å². The first-order valence-corrected chi connectivity index (χ1v) is 6.92. The Bertz CT molecular complexity index is 336. The molecular weight excluding hydrogens is 221 g/mol. The first-order valence-electron chi connectivity index (χ1n) is 5.87. The highest BCUT2D eigenvalue weighted by molar-refractivity contribution is 8.00. The SMILES string of the molecule is NC(Cc1cccc(F)c1)C1CCCCS1. The second kappa shape index (κ2) is 5.69. The van der Waals surface area contributed by atoms with Crippen LogP contribution in [0.4, 0.5) is 4.39 Å². The van der Waals surface area contributed by atoms with Gasteiger partial charge in [-0.3, -0.25) is 0 Å². The van der Waals surface area contributed by atoms with E-state index in [2.05, 4.69) is 0 Å². The zero-order valence-corrected chi connectivity index (χ0v) is 10.2. The molecule has 0 aromatic heterocycles. The summed E-state index contributed by atoms with van der Waals surface area (Å²) < 4.78 is 13.0. The van der Waals surface area contributed by atoms with Gasteiger partial charge in [-0.25, -0.2) is 4.39 Å². The van der Waals surface area contributed by atoms with E-state index in [9.17, 15) is 4.39 Å². The Kier molecular flexibility index (Phi) is 4.24. The van der Waals surface area contributed by atoms with Gasteiger partial charge in [0.2, 0.25) is 0 Å². The van der Waals surface area contributed by atoms with Crippen molar-refractivity contribution in [2.45, 2.75) is 37.0 Å². The Morgan fingerprint density at radius 3 is 3.00 bits per heavy atom. The van der Waals surface area contributed by atoms with E-state index in [1.54, 1.807) is 12.1 Å². The lowest BCUT2D eigenvalue weighted by molar-refractivity contribution is 0.557. The lowest BCUT2D eigenvalue weighted by Crippen LogP contribution is -2.36. The molecule has 2 unspecified atom stereocenters. The molecule has 0 radical (unpaired) electrons. The van der Waals surface area contributed by atoms with Crippen LogP contribution in [-0.2, 0) is 6.42 Å². The quantitative estimate of drug-likeness (QED) is 0.877. The average Bonchev–Trinajstić information content (AvgIpc) is 2.30. The monoisotopic (exact) mass is 239 g/mol. The van der Waals surface area contributed by atoms with Gasteiger partial charge in [-0.1, -0.05) is 18.6 Å². The summed E-state index contributed by atoms with van der Waals surface area (Å²) in [6.07, 6.45) is 4.60. The van der Waals surface area contributed by atoms with Crippen LogP contribution in [0.25, 0.3) is 0 Å². The second-order valence-electron chi connectivity index (χ2n) is 4.40. The van der Waals surface area contributed by atoms with Gasteiger partial charge >= 0.3 is 0 Å². The molecule has 2 N–H and O–H groups in total. The van der Waals surface area contributed by atoms with Crippen LogP contribution in [0.1, 0.15) is 24.8 Å². The highest BCUT2D eigenvalue weighted by Crippen LogP contribution is 2.28. The van der Waals surface area contributed by atoms with Gasteiger partial charge in [0.1, 0.15) is 5.82 Å². The standard InChI is InChI=1S/C13H18FNS/c14-11-5-3-4-10(8-11)9-12(15)13-6-1-2-7-16-13/h3-5,8,12-13H,1-2,6-7,9,15H2. The van der Waals surface area contributed by atoms with Crippen molar-refractivity contribution in [2.75, 3.05) is 5.75 Å². The molecule has 2 atom stereocenters. The third-order valence-corrected chi connectivity index (χ3v) is 4.59. The molecule has 3 heteroatoms. The predicted molar refractivity (Wildman–Crippen MR) is 68.2 cm³/mol. The van der Waals surface area contributed by atoms with Crippen molar-refractivity contribution in [3.05, 3.63) is 35.6 Å². The molecule has 88 valence electrons. The van der Waals surface area contributed by atoms with Gasteiger partial charge in [-0.05, 0) is 42.7 Å². The Morgan fingerprint density at radius 1 is 1.44 bits per heavy atom. The van der Waals surface area contributed by atoms with Gasteiger partial charge in [0.25, 0.3) is 0 Å². The Morgan fingerprint density at radius 2 is 2.31 bits per heavy atom. The fourth-order valence-corrected chi connectivity index (χ4v) is 3.52. The maximum atomic E-state index is 13.0. The van der Waals surface area contributed by atoms with E-state index in [0.717, 1.165) is 12.0 Å². The molecule has 1 heterocycles. The molecule has 0 aliphatic carbocycles. The van der Waals surface area contributed by atoms with Crippen LogP contribution in [0, 0.1) is 5.82 Å². The van der Waals surface area contributed by atoms with Crippen molar-refractivity contribution in [1.82, 2.24) is 0 Å². The summed E-state index contributed by atoms with van der Waals surface area (Å²) in [6.45, 7) is 0. The number of nitrogens with two attached hydrogens (primary N) is 1. The number of benzene rings is 1. The maximum absolute atomic E-state index is 13.0. The van der Waals surface area contributed by atoms with E-state index < -0.39 is 0 Å². The van der Waals surface area contributed by atoms with Crippen LogP contribution in [0.2, 0.25) is 0 Å². The van der Waals surface area contributed by atoms with Gasteiger partial charge in [-0.2, -0.15) is 11.8 Å². The smallest absolute Gasteiger partial charge is 0.123 e. The number of halogens is 1. The number of hydrogen-bond acceptors (Lipinski definition) is 2. The van der Waals surface area contributed by atoms with Crippen molar-refractivity contribution < 1.29 is 4.39 Å². The summed E-state index contributed by atoms with van der Waals surface area (Å²) >= 11 is 1.98. The van der Waals surface area contributed by atoms with Crippen LogP contribution < -0.4 is 5.73 Å². The maximum Gasteiger partial charge on any atom is 0.123 e. The summed E-state index contributed by atoms with van der Waals surface area (Å²) in [5.41, 5.74) is 7.20. The van der Waals surface area contributed by atoms with E-state index in [-0.39, 0.29) is 11.9 Å². The Balaban J connectivity index is 1.93. The van der Waals surface area contributed by atoms with Crippen LogP contribution in [0.15, 0.2) is 24.3 Å². The van der Waals surface area contributed by atoms with Crippen molar-refractivity contribution in [2.24, 2.45) is 5.73 Å². The molecule has 1 aromatic carbocycles. The normalized spacial score (nSPS) is 23.0. The summed E-state index contributed by atoms with van der Waals surface area (Å²) in [7, 11) is 0. The van der Waals surface area contributed by atoms with Gasteiger partial charge in [0, 0.05) is 11.3 Å². The topological polar surface area (TPSA) is 26.0 Å². The number of thioether (sulfide) groups is 1. The van der Waals surface area contributed by atoms with Crippen LogP contribution in [0.5, 0.6) is 0 Å². The van der Waals surface area contributed by atoms with Gasteiger partial charge in [-0.15, -0.1) is 0 Å². The predicted octanol–water partition coefficient (Wildman–Crippen LogP) is 2.98. The van der Waals surface area contributed by atoms with Crippen molar-refractivity contribution in [3.8, 4) is 0 Å². The van der Waals surface area contributed by atoms with Crippen LogP contribution >= 0.6 is 11.8 Å². The van der Waals surface area contributed by atoms with E-state index in [0.29, 0.717) is 5.25 Å². The molecule has 0 amide bonds. The van der Waals surface area contributed by atoms with Crippen molar-refractivity contribution in [1.29, 1.82) is 0 Å². The van der Waals surface area contributed by atoms with Crippen molar-refractivity contribution >= 4 is 11.8 Å². The van der Waals surface area contributed by atoms with Gasteiger partial charge in [0.05, 0.1) is 0 Å². The first-order chi connectivity index (χ1) is 7.75. The molecule has 16 heavy (non-hydrogen) atoms. The Hall–Kier alpha value is -0.540. The van der Waals surface area contributed by atoms with E-state index in [1.165, 1.54) is 31.1 Å². The largest absolute Gasteiger partial charge is 0.326 e. The first kappa shape index (κ1) is 11.9. The molecular formula is C13H18FNS. The summed E-state index contributed by atoms with van der Waals surface area (Å²) in [6, 6.07) is 6.94. The average molecular weight is 239 g/mol. The summed E-state index contributed by atoms with van der Waals surface area (Å²) in [4.78, 5) is 0. The minimum Gasteiger partial charge on any atom is -0.326 e. The zero-order chi connectivity index (χ0) is 11.4. The molecule has 1 saturated heterocycles. The number of hydrogen-bond donors (Lipinski definition) is 1. The molecule has 0 saturated carbocycles. The van der Waals surface area contributed by atoms with Gasteiger partial charge < -0.3 is 5.73 Å². The molecule has 2 rings (SSSR count). The van der Waals surface area contributed by atoms with Gasteiger partial charge in [0.15, 0.2) is 0 Å². The lowest BCUT2D eigenvalue weighted by atomic mass is 10.0. The number of rotatable bonds is 3. The molecule has 1 aliphatic heterocycles. The molecule has 1 fully saturated rings. The van der Waals surface area contributed by atoms with Crippen LogP contribution in [-0.4, -0.2) is 17.0 Å². The second-order valence-corrected chi connectivity index (χ2v) is 5.75. The molecule has 1 aromatic rings. The lowest BCUT2D eigenvalue weighted by Gasteiger charge is -2.27. The molecule has 0 spiro atoms. The third kappa shape index (κ3) is 3.22. The van der Waals surface area contributed by atoms with E-state index in [4.69, 9.17) is 5.73 Å². The highest BCUT2D eigenvalue weighted by atomic mass is 32.2. The highest BCUT2D eigenvalue weighted by Gasteiger charge is 2.21. The van der Waals surface area contributed by atoms with E-state index >= 15 is 0 Å². The molecule has 0 bridgehead atoms. The van der Waals surface area contributed by atoms with Crippen molar-refractivity contribution in [3.63, 3.8) is 0 Å². The molecule has 1 nitrogen and oxygen atoms in total. The third-order valence-electron chi connectivity index (χ3n) is 3.05. The zero-order valence-electron chi connectivity index (χ0n) is 9.36. The minimum atomic E-state index is -0.166. The summed E-state index contributed by atoms with van der Waals surface area (Å²) in [5.74, 6) is 1.06.